The van der Waals surface area contributed by atoms with E-state index in [1.54, 1.807) is 0 Å². The van der Waals surface area contributed by atoms with E-state index in [9.17, 15) is 4.79 Å². The quantitative estimate of drug-likeness (QED) is 0.743. The highest BCUT2D eigenvalue weighted by molar-refractivity contribution is 5.85. The zero-order valence-corrected chi connectivity index (χ0v) is 14.6. The van der Waals surface area contributed by atoms with E-state index in [1.807, 2.05) is 0 Å². The highest BCUT2D eigenvalue weighted by Gasteiger charge is 2.14. The van der Waals surface area contributed by atoms with Gasteiger partial charge in [-0.15, -0.1) is 24.8 Å². The lowest BCUT2D eigenvalue weighted by Gasteiger charge is -2.28. The highest BCUT2D eigenvalue weighted by Crippen LogP contribution is 2.18. The van der Waals surface area contributed by atoms with E-state index in [4.69, 9.17) is 5.73 Å². The maximum Gasteiger partial charge on any atom is 0.220 e. The topological polar surface area (TPSA) is 58.4 Å². The molecule has 126 valence electrons. The second-order valence-corrected chi connectivity index (χ2v) is 5.39. The van der Waals surface area contributed by atoms with E-state index in [2.05, 4.69) is 34.5 Å². The molecule has 0 radical (unpaired) electrons. The van der Waals surface area contributed by atoms with E-state index in [0.717, 1.165) is 45.4 Å². The molecule has 0 unspecified atom stereocenters. The van der Waals surface area contributed by atoms with Crippen LogP contribution in [0.3, 0.4) is 0 Å². The van der Waals surface area contributed by atoms with Crippen molar-refractivity contribution in [2.45, 2.75) is 32.2 Å². The van der Waals surface area contributed by atoms with Gasteiger partial charge in [0.2, 0.25) is 5.91 Å². The number of benzene rings is 1. The average Bonchev–Trinajstić information content (AvgIpc) is 2.49. The first kappa shape index (κ1) is 21.2. The van der Waals surface area contributed by atoms with Crippen LogP contribution in [0.25, 0.3) is 0 Å². The second-order valence-electron chi connectivity index (χ2n) is 5.39. The molecule has 1 aliphatic heterocycles. The van der Waals surface area contributed by atoms with Gasteiger partial charge < -0.3 is 11.1 Å². The Kier molecular flexibility index (Phi) is 11.3. The monoisotopic (exact) mass is 347 g/mol. The number of fused-ring (bicyclic) bond motifs is 1. The first-order valence-corrected chi connectivity index (χ1v) is 7.55. The molecule has 0 atom stereocenters. The van der Waals surface area contributed by atoms with E-state index < -0.39 is 0 Å². The van der Waals surface area contributed by atoms with E-state index in [0.29, 0.717) is 13.0 Å². The lowest BCUT2D eigenvalue weighted by atomic mass is 10.00. The first-order chi connectivity index (χ1) is 9.79. The molecular weight excluding hydrogens is 321 g/mol. The summed E-state index contributed by atoms with van der Waals surface area (Å²) in [5.41, 5.74) is 8.32. The van der Waals surface area contributed by atoms with E-state index in [-0.39, 0.29) is 30.7 Å². The Bertz CT molecular complexity index is 443. The Hall–Kier alpha value is -0.810. The van der Waals surface area contributed by atoms with Crippen LogP contribution in [0.1, 0.15) is 30.4 Å². The van der Waals surface area contributed by atoms with Gasteiger partial charge in [0.05, 0.1) is 0 Å². The fourth-order valence-electron chi connectivity index (χ4n) is 2.63. The number of nitrogens with zero attached hydrogens (tertiary/aromatic N) is 1. The minimum absolute atomic E-state index is 0. The van der Waals surface area contributed by atoms with Crippen LogP contribution < -0.4 is 11.1 Å². The SMILES string of the molecule is Cl.Cl.NCCCC(=O)NCCCN1CCc2ccccc2C1. The van der Waals surface area contributed by atoms with Gasteiger partial charge in [-0.3, -0.25) is 9.69 Å². The van der Waals surface area contributed by atoms with Gasteiger partial charge in [0, 0.05) is 32.6 Å². The van der Waals surface area contributed by atoms with Gasteiger partial charge in [-0.2, -0.15) is 0 Å². The molecule has 0 aliphatic carbocycles. The van der Waals surface area contributed by atoms with Crippen LogP contribution in [0, 0.1) is 0 Å². The Morgan fingerprint density at radius 2 is 1.91 bits per heavy atom. The maximum atomic E-state index is 11.4. The second kappa shape index (κ2) is 11.7. The molecule has 0 saturated carbocycles. The third kappa shape index (κ3) is 6.97. The van der Waals surface area contributed by atoms with Crippen molar-refractivity contribution in [3.05, 3.63) is 35.4 Å². The third-order valence-electron chi connectivity index (χ3n) is 3.79. The number of halogens is 2. The van der Waals surface area contributed by atoms with Crippen molar-refractivity contribution < 1.29 is 4.79 Å². The number of hydrogen-bond acceptors (Lipinski definition) is 3. The van der Waals surface area contributed by atoms with Crippen molar-refractivity contribution >= 4 is 30.7 Å². The van der Waals surface area contributed by atoms with Crippen LogP contribution in [0.15, 0.2) is 24.3 Å². The molecule has 0 fully saturated rings. The van der Waals surface area contributed by atoms with Crippen molar-refractivity contribution in [2.75, 3.05) is 26.2 Å². The Morgan fingerprint density at radius 3 is 2.64 bits per heavy atom. The molecule has 1 amide bonds. The summed E-state index contributed by atoms with van der Waals surface area (Å²) in [5, 5.41) is 2.96. The lowest BCUT2D eigenvalue weighted by Crippen LogP contribution is -2.33. The van der Waals surface area contributed by atoms with Crippen LogP contribution >= 0.6 is 24.8 Å². The smallest absolute Gasteiger partial charge is 0.220 e. The normalized spacial score (nSPS) is 13.5. The molecular formula is C16H27Cl2N3O. The van der Waals surface area contributed by atoms with E-state index >= 15 is 0 Å². The Morgan fingerprint density at radius 1 is 1.18 bits per heavy atom. The Labute approximate surface area is 145 Å². The Balaban J connectivity index is 0.00000220. The average molecular weight is 348 g/mol. The molecule has 1 heterocycles. The number of nitrogens with two attached hydrogens (primary N) is 1. The minimum atomic E-state index is 0. The van der Waals surface area contributed by atoms with Crippen LogP contribution in [0.4, 0.5) is 0 Å². The molecule has 4 nitrogen and oxygen atoms in total. The van der Waals surface area contributed by atoms with Crippen LogP contribution in [-0.4, -0.2) is 37.0 Å². The van der Waals surface area contributed by atoms with Crippen molar-refractivity contribution in [1.29, 1.82) is 0 Å². The molecule has 0 bridgehead atoms. The zero-order chi connectivity index (χ0) is 14.2. The number of nitrogens with one attached hydrogen (secondary N) is 1. The first-order valence-electron chi connectivity index (χ1n) is 7.55. The van der Waals surface area contributed by atoms with Gasteiger partial charge in [0.25, 0.3) is 0 Å². The highest BCUT2D eigenvalue weighted by atomic mass is 35.5. The summed E-state index contributed by atoms with van der Waals surface area (Å²) in [5.74, 6) is 0.124. The van der Waals surface area contributed by atoms with Gasteiger partial charge >= 0.3 is 0 Å². The van der Waals surface area contributed by atoms with Crippen LogP contribution in [0.2, 0.25) is 0 Å². The standard InChI is InChI=1S/C16H25N3O.2ClH/c17-9-3-7-16(20)18-10-4-11-19-12-8-14-5-1-2-6-15(14)13-19;;/h1-2,5-6H,3-4,7-13,17H2,(H,18,20);2*1H. The number of rotatable bonds is 7. The summed E-state index contributed by atoms with van der Waals surface area (Å²) in [6.07, 6.45) is 3.47. The van der Waals surface area contributed by atoms with Crippen molar-refractivity contribution in [3.8, 4) is 0 Å². The predicted molar refractivity (Wildman–Crippen MR) is 95.8 cm³/mol. The molecule has 1 aromatic carbocycles. The molecule has 22 heavy (non-hydrogen) atoms. The molecule has 0 aromatic heterocycles. The minimum Gasteiger partial charge on any atom is -0.356 e. The molecule has 0 saturated heterocycles. The molecule has 3 N–H and O–H groups in total. The maximum absolute atomic E-state index is 11.4. The molecule has 1 aliphatic rings. The van der Waals surface area contributed by atoms with Crippen molar-refractivity contribution in [2.24, 2.45) is 5.73 Å². The summed E-state index contributed by atoms with van der Waals surface area (Å²) in [6, 6.07) is 8.67. The van der Waals surface area contributed by atoms with Gasteiger partial charge in [0.1, 0.15) is 0 Å². The van der Waals surface area contributed by atoms with Gasteiger partial charge in [-0.25, -0.2) is 0 Å². The third-order valence-corrected chi connectivity index (χ3v) is 3.79. The zero-order valence-electron chi connectivity index (χ0n) is 12.9. The van der Waals surface area contributed by atoms with Crippen LogP contribution in [0.5, 0.6) is 0 Å². The molecule has 6 heteroatoms. The molecule has 2 rings (SSSR count). The van der Waals surface area contributed by atoms with Gasteiger partial charge in [0.15, 0.2) is 0 Å². The summed E-state index contributed by atoms with van der Waals surface area (Å²) in [7, 11) is 0. The summed E-state index contributed by atoms with van der Waals surface area (Å²) in [6.45, 7) is 4.56. The number of hydrogen-bond donors (Lipinski definition) is 2. The lowest BCUT2D eigenvalue weighted by molar-refractivity contribution is -0.121. The largest absolute Gasteiger partial charge is 0.356 e. The fourth-order valence-corrected chi connectivity index (χ4v) is 2.63. The fraction of sp³-hybridized carbons (Fsp3) is 0.562. The number of amides is 1. The molecule has 1 aromatic rings. The summed E-state index contributed by atoms with van der Waals surface area (Å²) < 4.78 is 0. The summed E-state index contributed by atoms with van der Waals surface area (Å²) >= 11 is 0. The van der Waals surface area contributed by atoms with Crippen LogP contribution in [-0.2, 0) is 17.8 Å². The summed E-state index contributed by atoms with van der Waals surface area (Å²) in [4.78, 5) is 13.9. The van der Waals surface area contributed by atoms with Gasteiger partial charge in [-0.1, -0.05) is 24.3 Å². The van der Waals surface area contributed by atoms with Crippen molar-refractivity contribution in [3.63, 3.8) is 0 Å². The van der Waals surface area contributed by atoms with Gasteiger partial charge in [-0.05, 0) is 36.9 Å². The molecule has 0 spiro atoms. The van der Waals surface area contributed by atoms with Crippen molar-refractivity contribution in [1.82, 2.24) is 10.2 Å². The predicted octanol–water partition coefficient (Wildman–Crippen LogP) is 2.13. The number of carbonyl (C=O) groups is 1. The number of carbonyl (C=O) groups excluding carboxylic acids is 1. The van der Waals surface area contributed by atoms with E-state index in [1.165, 1.54) is 11.1 Å².